The molecule has 2 bridgehead atoms. The van der Waals surface area contributed by atoms with Crippen molar-refractivity contribution in [2.45, 2.75) is 142 Å². The van der Waals surface area contributed by atoms with Gasteiger partial charge in [-0.15, -0.1) is 0 Å². The van der Waals surface area contributed by atoms with Crippen LogP contribution in [0, 0.1) is 23.7 Å². The molecule has 4 heterocycles. The Morgan fingerprint density at radius 2 is 1.75 bits per heavy atom. The molecule has 3 aliphatic heterocycles. The number of aromatic nitrogens is 1. The molecule has 0 spiro atoms. The van der Waals surface area contributed by atoms with Crippen molar-refractivity contribution in [2.24, 2.45) is 33.8 Å². The molecule has 3 aliphatic rings. The molecule has 0 saturated carbocycles. The first-order valence-electron chi connectivity index (χ1n) is 20.9. The van der Waals surface area contributed by atoms with Crippen LogP contribution < -0.4 is 0 Å². The van der Waals surface area contributed by atoms with Crippen LogP contribution in [0.2, 0.25) is 0 Å². The van der Waals surface area contributed by atoms with Crippen LogP contribution in [0.1, 0.15) is 87.3 Å². The Bertz CT molecular complexity index is 1850. The minimum Gasteiger partial charge on any atom is -0.459 e. The number of aliphatic hydroxyl groups is 2. The van der Waals surface area contributed by atoms with E-state index in [1.165, 1.54) is 20.8 Å². The average Bonchev–Trinajstić information content (AvgIpc) is 3.67. The van der Waals surface area contributed by atoms with Gasteiger partial charge in [0.05, 0.1) is 37.1 Å². The van der Waals surface area contributed by atoms with Crippen LogP contribution in [0.5, 0.6) is 0 Å². The number of amides is 1. The lowest BCUT2D eigenvalue weighted by molar-refractivity contribution is -0.296. The zero-order chi connectivity index (χ0) is 44.1. The predicted molar refractivity (Wildman–Crippen MR) is 221 cm³/mol. The number of rotatable bonds is 8. The van der Waals surface area contributed by atoms with Gasteiger partial charge in [0.15, 0.2) is 24.4 Å². The number of ether oxygens (including phenoxy) is 5. The Balaban J connectivity index is 1.64. The summed E-state index contributed by atoms with van der Waals surface area (Å²) >= 11 is 0. The molecule has 3 fully saturated rings. The fourth-order valence-corrected chi connectivity index (χ4v) is 8.92. The van der Waals surface area contributed by atoms with E-state index in [9.17, 15) is 24.6 Å². The van der Waals surface area contributed by atoms with Crippen LogP contribution in [-0.2, 0) is 49.5 Å². The molecule has 0 aliphatic carbocycles. The molecule has 60 heavy (non-hydrogen) atoms. The maximum atomic E-state index is 14.5. The van der Waals surface area contributed by atoms with Crippen LogP contribution in [-0.4, -0.2) is 131 Å². The number of benzene rings is 1. The monoisotopic (exact) mass is 840 g/mol. The number of aliphatic hydroxyl groups excluding tert-OH is 1. The minimum atomic E-state index is -1.86. The Labute approximate surface area is 352 Å². The number of carbonyl (C=O) groups is 3. The summed E-state index contributed by atoms with van der Waals surface area (Å²) in [7, 11) is 3.72. The summed E-state index contributed by atoms with van der Waals surface area (Å²) in [4.78, 5) is 53.4. The molecule has 16 heteroatoms. The maximum absolute atomic E-state index is 14.5. The third kappa shape index (κ3) is 10.8. The second-order valence-corrected chi connectivity index (χ2v) is 17.4. The summed E-state index contributed by atoms with van der Waals surface area (Å²) in [5.74, 6) is -4.97. The molecule has 0 radical (unpaired) electrons. The molecule has 2 aromatic rings. The summed E-state index contributed by atoms with van der Waals surface area (Å²) in [6.07, 6.45) is -5.20. The standard InChI is InChI=1S/C44H64N4O12/c1-12-35-44(9,53)40-26(4)36(45-29(7)49)24(2)20-43(8,55-22-31(21-54-40)46-56-23-32-19-33(47-60-32)30-16-14-13-15-17-30)39(27(5)37(50)28(6)41(52)58-35)59-42-38(51)34(48(10)11)18-25(3)57-42/h13-17,19,24-28,34-35,38-40,42,51,53H,12,18,20-23H2,1-11H3/b45-36?,46-31-/t24-,25-,26+,27+,28-,34+,35-,38-,39-,40-,42+,43+,44-/m1/s1. The first-order chi connectivity index (χ1) is 28.3. The lowest BCUT2D eigenvalue weighted by Gasteiger charge is -2.47. The number of carbonyl (C=O) groups excluding carboxylic acids is 3. The first-order valence-corrected chi connectivity index (χ1v) is 20.9. The largest absolute Gasteiger partial charge is 0.459 e. The number of esters is 1. The summed E-state index contributed by atoms with van der Waals surface area (Å²) in [5.41, 5.74) is -1.12. The number of hydrogen-bond donors (Lipinski definition) is 2. The van der Waals surface area contributed by atoms with Crippen LogP contribution in [0.3, 0.4) is 0 Å². The molecule has 1 amide bonds. The average molecular weight is 841 g/mol. The topological polar surface area (TPSA) is 201 Å². The van der Waals surface area contributed by atoms with Gasteiger partial charge in [0.2, 0.25) is 5.91 Å². The van der Waals surface area contributed by atoms with E-state index in [4.69, 9.17) is 33.0 Å². The molecular formula is C44H64N4O12. The molecular weight excluding hydrogens is 776 g/mol. The molecule has 3 saturated heterocycles. The Kier molecular flexibility index (Phi) is 15.6. The van der Waals surface area contributed by atoms with Gasteiger partial charge in [-0.25, -0.2) is 4.99 Å². The number of likely N-dealkylation sites (N-methyl/N-ethyl adjacent to an activating group) is 1. The lowest BCUT2D eigenvalue weighted by Crippen LogP contribution is -2.60. The van der Waals surface area contributed by atoms with E-state index in [1.54, 1.807) is 33.8 Å². The molecule has 5 rings (SSSR count). The lowest BCUT2D eigenvalue weighted by atomic mass is 9.73. The fourth-order valence-electron chi connectivity index (χ4n) is 8.92. The highest BCUT2D eigenvalue weighted by Gasteiger charge is 2.53. The van der Waals surface area contributed by atoms with Gasteiger partial charge in [0.1, 0.15) is 35.1 Å². The van der Waals surface area contributed by atoms with Gasteiger partial charge in [0.25, 0.3) is 0 Å². The van der Waals surface area contributed by atoms with Crippen molar-refractivity contribution in [2.75, 3.05) is 27.3 Å². The van der Waals surface area contributed by atoms with E-state index in [1.807, 2.05) is 63.2 Å². The number of cyclic esters (lactones) is 1. The van der Waals surface area contributed by atoms with Crippen LogP contribution >= 0.6 is 0 Å². The Hall–Kier alpha value is -3.90. The normalized spacial score (nSPS) is 37.6. The van der Waals surface area contributed by atoms with Crippen molar-refractivity contribution in [3.8, 4) is 11.3 Å². The Morgan fingerprint density at radius 3 is 2.40 bits per heavy atom. The second-order valence-electron chi connectivity index (χ2n) is 17.4. The van der Waals surface area contributed by atoms with Crippen molar-refractivity contribution in [1.82, 2.24) is 10.1 Å². The highest BCUT2D eigenvalue weighted by molar-refractivity contribution is 6.00. The second kappa shape index (κ2) is 19.9. The maximum Gasteiger partial charge on any atom is 0.316 e. The zero-order valence-corrected chi connectivity index (χ0v) is 36.8. The summed E-state index contributed by atoms with van der Waals surface area (Å²) in [5, 5.41) is 32.7. The highest BCUT2D eigenvalue weighted by Crippen LogP contribution is 2.40. The minimum absolute atomic E-state index is 0.0875. The van der Waals surface area contributed by atoms with Gasteiger partial charge in [-0.3, -0.25) is 14.4 Å². The van der Waals surface area contributed by atoms with Crippen molar-refractivity contribution in [3.05, 3.63) is 42.2 Å². The first kappa shape index (κ1) is 47.2. The number of fused-ring (bicyclic) bond motifs is 5. The van der Waals surface area contributed by atoms with E-state index in [0.717, 1.165) is 5.56 Å². The van der Waals surface area contributed by atoms with Gasteiger partial charge in [-0.05, 0) is 67.0 Å². The number of nitrogens with zero attached hydrogens (tertiary/aromatic N) is 4. The molecule has 1 aromatic carbocycles. The van der Waals surface area contributed by atoms with Crippen molar-refractivity contribution < 1.29 is 57.6 Å². The summed E-state index contributed by atoms with van der Waals surface area (Å²) < 4.78 is 38.0. The molecule has 13 atom stereocenters. The third-order valence-corrected chi connectivity index (χ3v) is 12.1. The number of ketones is 1. The molecule has 332 valence electrons. The van der Waals surface area contributed by atoms with E-state index in [2.05, 4.69) is 15.3 Å². The molecule has 2 N–H and O–H groups in total. The van der Waals surface area contributed by atoms with E-state index in [0.29, 0.717) is 23.6 Å². The van der Waals surface area contributed by atoms with Crippen LogP contribution in [0.15, 0.2) is 51.1 Å². The van der Waals surface area contributed by atoms with Crippen molar-refractivity contribution >= 4 is 29.1 Å². The molecule has 16 nitrogen and oxygen atoms in total. The van der Waals surface area contributed by atoms with E-state index >= 15 is 0 Å². The van der Waals surface area contributed by atoms with Gasteiger partial charge in [-0.1, -0.05) is 68.3 Å². The van der Waals surface area contributed by atoms with E-state index < -0.39 is 83.2 Å². The fraction of sp³-hybridized carbons (Fsp3) is 0.682. The smallest absolute Gasteiger partial charge is 0.316 e. The highest BCUT2D eigenvalue weighted by atomic mass is 16.7. The van der Waals surface area contributed by atoms with Gasteiger partial charge < -0.3 is 48.2 Å². The van der Waals surface area contributed by atoms with Gasteiger partial charge in [-0.2, -0.15) is 0 Å². The van der Waals surface area contributed by atoms with Crippen molar-refractivity contribution in [3.63, 3.8) is 0 Å². The van der Waals surface area contributed by atoms with E-state index in [-0.39, 0.29) is 50.5 Å². The zero-order valence-electron chi connectivity index (χ0n) is 36.8. The Morgan fingerprint density at radius 1 is 1.05 bits per heavy atom. The molecule has 0 unspecified atom stereocenters. The SMILES string of the molecule is CC[C@H]1OC(=O)[C@H](C)C(=O)[C@H](C)[C@@H](O[C@@H]2O[C@H](C)C[C@H](N(C)C)[C@H]2O)[C@]2(C)C[C@@H](C)C(=NC(C)=O)[C@H](C)[C@@H](OC/C(=N/OCc3cc(-c4ccccc4)no3)CO2)[C@]1(C)O. The van der Waals surface area contributed by atoms with Crippen molar-refractivity contribution in [1.29, 1.82) is 0 Å². The van der Waals surface area contributed by atoms with Gasteiger partial charge >= 0.3 is 5.97 Å². The molecule has 1 aromatic heterocycles. The van der Waals surface area contributed by atoms with Gasteiger partial charge in [0, 0.05) is 42.1 Å². The predicted octanol–water partition coefficient (Wildman–Crippen LogP) is 4.78. The number of oxime groups is 1. The quantitative estimate of drug-likeness (QED) is 0.209. The van der Waals surface area contributed by atoms with Crippen LogP contribution in [0.25, 0.3) is 11.3 Å². The number of aliphatic imine (C=N–C) groups is 1. The number of hydrogen-bond acceptors (Lipinski definition) is 15. The summed E-state index contributed by atoms with van der Waals surface area (Å²) in [6, 6.07) is 11.0. The summed E-state index contributed by atoms with van der Waals surface area (Å²) in [6.45, 7) is 14.5. The number of Topliss-reactive ketones (excluding diaryl/α,β-unsaturated/α-hetero) is 1. The van der Waals surface area contributed by atoms with Crippen LogP contribution in [0.4, 0.5) is 0 Å². The third-order valence-electron chi connectivity index (χ3n) is 12.1.